The van der Waals surface area contributed by atoms with E-state index in [1.165, 1.54) is 0 Å². The van der Waals surface area contributed by atoms with Crippen LogP contribution in [0.1, 0.15) is 16.7 Å². The first-order valence-electron chi connectivity index (χ1n) is 10.3. The first-order valence-corrected chi connectivity index (χ1v) is 10.7. The van der Waals surface area contributed by atoms with Gasteiger partial charge in [0.05, 0.1) is 19.2 Å². The number of H-pyrrole nitrogens is 1. The molecule has 2 aromatic carbocycles. The molecule has 0 unspecified atom stereocenters. The monoisotopic (exact) mass is 438 g/mol. The first kappa shape index (κ1) is 22.8. The van der Waals surface area contributed by atoms with Crippen LogP contribution in [0, 0.1) is 13.8 Å². The first-order chi connectivity index (χ1) is 14.8. The van der Waals surface area contributed by atoms with Crippen LogP contribution in [0.2, 0.25) is 0 Å². The van der Waals surface area contributed by atoms with E-state index in [1.54, 1.807) is 7.11 Å². The second kappa shape index (κ2) is 9.94. The van der Waals surface area contributed by atoms with Crippen LogP contribution in [-0.2, 0) is 6.54 Å². The standard InChI is InChI=1S/C24H30N4O2S/c1-16-6-7-18-14-19(23(29)26-22(18)17(16)2)15-28(13-12-27(3)4)24(31)25-20-8-10-21(30-5)11-9-20/h6-11,14H,12-13,15H2,1-5H3,(H,25,31)(H,26,29). The number of nitrogens with one attached hydrogen (secondary N) is 2. The van der Waals surface area contributed by atoms with Crippen LogP contribution in [0.25, 0.3) is 10.9 Å². The van der Waals surface area contributed by atoms with Gasteiger partial charge in [-0.15, -0.1) is 0 Å². The minimum absolute atomic E-state index is 0.0803. The summed E-state index contributed by atoms with van der Waals surface area (Å²) >= 11 is 5.70. The molecular formula is C24H30N4O2S. The van der Waals surface area contributed by atoms with E-state index < -0.39 is 0 Å². The van der Waals surface area contributed by atoms with E-state index in [9.17, 15) is 4.79 Å². The van der Waals surface area contributed by atoms with E-state index in [-0.39, 0.29) is 5.56 Å². The summed E-state index contributed by atoms with van der Waals surface area (Å²) in [5, 5.41) is 4.88. The Kier molecular flexibility index (Phi) is 7.30. The highest BCUT2D eigenvalue weighted by molar-refractivity contribution is 7.80. The predicted molar refractivity (Wildman–Crippen MR) is 132 cm³/mol. The maximum atomic E-state index is 12.9. The van der Waals surface area contributed by atoms with Crippen LogP contribution in [-0.4, -0.2) is 54.2 Å². The Hall–Kier alpha value is -2.90. The Morgan fingerprint density at radius 1 is 1.10 bits per heavy atom. The van der Waals surface area contributed by atoms with Crippen LogP contribution in [0.5, 0.6) is 5.75 Å². The summed E-state index contributed by atoms with van der Waals surface area (Å²) in [5.74, 6) is 0.786. The van der Waals surface area contributed by atoms with Crippen molar-refractivity contribution in [1.82, 2.24) is 14.8 Å². The molecular weight excluding hydrogens is 408 g/mol. The third-order valence-corrected chi connectivity index (χ3v) is 5.80. The molecule has 0 aliphatic rings. The van der Waals surface area contributed by atoms with E-state index in [2.05, 4.69) is 27.3 Å². The molecule has 0 radical (unpaired) electrons. The minimum atomic E-state index is -0.0803. The largest absolute Gasteiger partial charge is 0.497 e. The number of hydrogen-bond acceptors (Lipinski definition) is 4. The average Bonchev–Trinajstić information content (AvgIpc) is 2.75. The number of anilines is 1. The van der Waals surface area contributed by atoms with E-state index in [0.717, 1.165) is 40.0 Å². The van der Waals surface area contributed by atoms with Crippen molar-refractivity contribution in [2.24, 2.45) is 0 Å². The molecule has 0 saturated carbocycles. The number of benzene rings is 2. The van der Waals surface area contributed by atoms with Crippen LogP contribution in [0.3, 0.4) is 0 Å². The van der Waals surface area contributed by atoms with Crippen molar-refractivity contribution >= 4 is 33.9 Å². The lowest BCUT2D eigenvalue weighted by Crippen LogP contribution is -2.40. The molecule has 6 nitrogen and oxygen atoms in total. The van der Waals surface area contributed by atoms with Crippen LogP contribution >= 0.6 is 12.2 Å². The smallest absolute Gasteiger partial charge is 0.253 e. The molecule has 7 heteroatoms. The van der Waals surface area contributed by atoms with E-state index in [0.29, 0.717) is 23.8 Å². The van der Waals surface area contributed by atoms with Crippen LogP contribution in [0.4, 0.5) is 5.69 Å². The quantitative estimate of drug-likeness (QED) is 0.546. The fourth-order valence-corrected chi connectivity index (χ4v) is 3.62. The van der Waals surface area contributed by atoms with Gasteiger partial charge < -0.3 is 24.8 Å². The summed E-state index contributed by atoms with van der Waals surface area (Å²) in [6.45, 7) is 6.01. The molecule has 0 fully saturated rings. The Balaban J connectivity index is 1.86. The number of aromatic amines is 1. The number of fused-ring (bicyclic) bond motifs is 1. The van der Waals surface area contributed by atoms with Gasteiger partial charge in [0.15, 0.2) is 5.11 Å². The molecule has 1 heterocycles. The van der Waals surface area contributed by atoms with Gasteiger partial charge >= 0.3 is 0 Å². The van der Waals surface area contributed by atoms with E-state index in [4.69, 9.17) is 17.0 Å². The SMILES string of the molecule is COc1ccc(NC(=S)N(CCN(C)C)Cc2cc3ccc(C)c(C)c3[nH]c2=O)cc1. The number of aromatic nitrogens is 1. The van der Waals surface area contributed by atoms with Crippen molar-refractivity contribution < 1.29 is 4.74 Å². The maximum Gasteiger partial charge on any atom is 0.253 e. The topological polar surface area (TPSA) is 60.6 Å². The molecule has 164 valence electrons. The fourth-order valence-electron chi connectivity index (χ4n) is 3.34. The number of nitrogens with zero attached hydrogens (tertiary/aromatic N) is 2. The maximum absolute atomic E-state index is 12.9. The number of pyridine rings is 1. The zero-order valence-corrected chi connectivity index (χ0v) is 19.6. The van der Waals surface area contributed by atoms with E-state index >= 15 is 0 Å². The van der Waals surface area contributed by atoms with Gasteiger partial charge in [-0.2, -0.15) is 0 Å². The summed E-state index contributed by atoms with van der Waals surface area (Å²) < 4.78 is 5.21. The summed E-state index contributed by atoms with van der Waals surface area (Å²) in [6, 6.07) is 13.7. The van der Waals surface area contributed by atoms with Crippen molar-refractivity contribution in [3.05, 3.63) is 69.5 Å². The van der Waals surface area contributed by atoms with Gasteiger partial charge in [0.1, 0.15) is 5.75 Å². The fraction of sp³-hybridized carbons (Fsp3) is 0.333. The summed E-state index contributed by atoms with van der Waals surface area (Å²) in [6.07, 6.45) is 0. The Bertz CT molecular complexity index is 1120. The van der Waals surface area contributed by atoms with E-state index in [1.807, 2.05) is 63.2 Å². The van der Waals surface area contributed by atoms with Gasteiger partial charge in [0.25, 0.3) is 5.56 Å². The minimum Gasteiger partial charge on any atom is -0.497 e. The van der Waals surface area contributed by atoms with Gasteiger partial charge in [-0.05, 0) is 87.0 Å². The van der Waals surface area contributed by atoms with Gasteiger partial charge in [-0.25, -0.2) is 0 Å². The molecule has 0 bridgehead atoms. The number of aryl methyl sites for hydroxylation is 2. The number of rotatable bonds is 7. The number of methoxy groups -OCH3 is 1. The van der Waals surface area contributed by atoms with Crippen molar-refractivity contribution in [3.8, 4) is 5.75 Å². The molecule has 3 aromatic rings. The molecule has 0 saturated heterocycles. The number of likely N-dealkylation sites (N-methyl/N-ethyl adjacent to an activating group) is 1. The Morgan fingerprint density at radius 2 is 1.81 bits per heavy atom. The summed E-state index contributed by atoms with van der Waals surface area (Å²) in [7, 11) is 5.68. The number of hydrogen-bond donors (Lipinski definition) is 2. The van der Waals surface area contributed by atoms with Gasteiger partial charge in [-0.1, -0.05) is 12.1 Å². The predicted octanol–water partition coefficient (Wildman–Crippen LogP) is 3.91. The lowest BCUT2D eigenvalue weighted by Gasteiger charge is -2.27. The Labute approximate surface area is 188 Å². The summed E-state index contributed by atoms with van der Waals surface area (Å²) in [4.78, 5) is 20.0. The number of ether oxygens (including phenoxy) is 1. The zero-order chi connectivity index (χ0) is 22.5. The van der Waals surface area contributed by atoms with Gasteiger partial charge in [-0.3, -0.25) is 4.79 Å². The van der Waals surface area contributed by atoms with Crippen molar-refractivity contribution in [2.45, 2.75) is 20.4 Å². The number of thiocarbonyl (C=S) groups is 1. The zero-order valence-electron chi connectivity index (χ0n) is 18.8. The lowest BCUT2D eigenvalue weighted by atomic mass is 10.0. The third-order valence-electron chi connectivity index (χ3n) is 5.43. The Morgan fingerprint density at radius 3 is 2.45 bits per heavy atom. The third kappa shape index (κ3) is 5.62. The van der Waals surface area contributed by atoms with Crippen molar-refractivity contribution in [3.63, 3.8) is 0 Å². The van der Waals surface area contributed by atoms with Crippen LogP contribution < -0.4 is 15.6 Å². The average molecular weight is 439 g/mol. The molecule has 3 rings (SSSR count). The lowest BCUT2D eigenvalue weighted by molar-refractivity contribution is 0.327. The van der Waals surface area contributed by atoms with Crippen molar-refractivity contribution in [1.29, 1.82) is 0 Å². The highest BCUT2D eigenvalue weighted by Gasteiger charge is 2.15. The molecule has 31 heavy (non-hydrogen) atoms. The molecule has 0 spiro atoms. The molecule has 0 aliphatic carbocycles. The second-order valence-electron chi connectivity index (χ2n) is 7.98. The van der Waals surface area contributed by atoms with Crippen molar-refractivity contribution in [2.75, 3.05) is 39.6 Å². The van der Waals surface area contributed by atoms with Crippen LogP contribution in [0.15, 0.2) is 47.3 Å². The van der Waals surface area contributed by atoms with Gasteiger partial charge in [0.2, 0.25) is 0 Å². The second-order valence-corrected chi connectivity index (χ2v) is 8.37. The molecule has 0 atom stereocenters. The normalized spacial score (nSPS) is 11.0. The highest BCUT2D eigenvalue weighted by atomic mass is 32.1. The van der Waals surface area contributed by atoms with Gasteiger partial charge in [0, 0.05) is 24.3 Å². The molecule has 2 N–H and O–H groups in total. The highest BCUT2D eigenvalue weighted by Crippen LogP contribution is 2.20. The summed E-state index contributed by atoms with van der Waals surface area (Å²) in [5.41, 5.74) is 4.64. The molecule has 0 amide bonds. The molecule has 1 aromatic heterocycles. The molecule has 0 aliphatic heterocycles.